The fourth-order valence-electron chi connectivity index (χ4n) is 5.03. The lowest BCUT2D eigenvalue weighted by molar-refractivity contribution is 0.248. The third kappa shape index (κ3) is 3.15. The summed E-state index contributed by atoms with van der Waals surface area (Å²) in [6, 6.07) is 14.4. The monoisotopic (exact) mass is 443 g/mol. The van der Waals surface area contributed by atoms with Crippen molar-refractivity contribution < 1.29 is 4.74 Å². The van der Waals surface area contributed by atoms with Crippen molar-refractivity contribution in [3.8, 4) is 5.75 Å². The molecule has 1 aliphatic rings. The second kappa shape index (κ2) is 6.73. The molecular formula is C25H25N5OS. The smallest absolute Gasteiger partial charge is 0.189 e. The zero-order valence-electron chi connectivity index (χ0n) is 18.6. The minimum absolute atomic E-state index is 0.000615. The highest BCUT2D eigenvalue weighted by atomic mass is 32.1. The van der Waals surface area contributed by atoms with E-state index < -0.39 is 0 Å². The number of rotatable bonds is 3. The van der Waals surface area contributed by atoms with E-state index in [1.807, 2.05) is 18.2 Å². The lowest BCUT2D eigenvalue weighted by atomic mass is 9.82. The summed E-state index contributed by atoms with van der Waals surface area (Å²) < 4.78 is 7.82. The van der Waals surface area contributed by atoms with Gasteiger partial charge in [0.05, 0.1) is 5.39 Å². The molecule has 6 nitrogen and oxygen atoms in total. The molecule has 6 rings (SSSR count). The second-order valence-electron chi connectivity index (χ2n) is 9.74. The number of hydrogen-bond acceptors (Lipinski definition) is 6. The van der Waals surface area contributed by atoms with Gasteiger partial charge in [-0.15, -0.1) is 16.4 Å². The predicted molar refractivity (Wildman–Crippen MR) is 128 cm³/mol. The number of thiophene rings is 1. The molecule has 162 valence electrons. The molecule has 0 radical (unpaired) electrons. The van der Waals surface area contributed by atoms with E-state index in [0.717, 1.165) is 33.4 Å². The Balaban J connectivity index is 1.38. The Morgan fingerprint density at radius 2 is 1.91 bits per heavy atom. The SMILES string of the molecule is CC1(C)Cc2c(sc3ncn4nc(COc5ccc6ccccc6c5)nc4c23)C(C)(C)N1. The minimum Gasteiger partial charge on any atom is -0.486 e. The highest BCUT2D eigenvalue weighted by Gasteiger charge is 2.39. The van der Waals surface area contributed by atoms with Gasteiger partial charge in [-0.3, -0.25) is 0 Å². The molecule has 0 spiro atoms. The summed E-state index contributed by atoms with van der Waals surface area (Å²) >= 11 is 1.76. The van der Waals surface area contributed by atoms with E-state index in [2.05, 4.69) is 62.4 Å². The molecule has 0 bridgehead atoms. The van der Waals surface area contributed by atoms with Crippen molar-refractivity contribution in [3.63, 3.8) is 0 Å². The summed E-state index contributed by atoms with van der Waals surface area (Å²) in [5.74, 6) is 1.47. The molecular weight excluding hydrogens is 418 g/mol. The summed E-state index contributed by atoms with van der Waals surface area (Å²) in [7, 11) is 0. The van der Waals surface area contributed by atoms with E-state index in [1.165, 1.54) is 15.8 Å². The first-order valence-electron chi connectivity index (χ1n) is 10.9. The first-order chi connectivity index (χ1) is 15.3. The van der Waals surface area contributed by atoms with Gasteiger partial charge < -0.3 is 10.1 Å². The summed E-state index contributed by atoms with van der Waals surface area (Å²) in [6.07, 6.45) is 2.70. The van der Waals surface area contributed by atoms with E-state index in [0.29, 0.717) is 12.4 Å². The molecule has 7 heteroatoms. The number of aromatic nitrogens is 4. The Morgan fingerprint density at radius 1 is 1.09 bits per heavy atom. The first kappa shape index (κ1) is 19.6. The quantitative estimate of drug-likeness (QED) is 0.414. The molecule has 0 atom stereocenters. The fourth-order valence-corrected chi connectivity index (χ4v) is 6.24. The van der Waals surface area contributed by atoms with Crippen LogP contribution >= 0.6 is 11.3 Å². The van der Waals surface area contributed by atoms with E-state index >= 15 is 0 Å². The highest BCUT2D eigenvalue weighted by Crippen LogP contribution is 2.44. The number of ether oxygens (including phenoxy) is 1. The van der Waals surface area contributed by atoms with Crippen molar-refractivity contribution in [2.45, 2.75) is 51.8 Å². The van der Waals surface area contributed by atoms with E-state index in [-0.39, 0.29) is 11.1 Å². The lowest BCUT2D eigenvalue weighted by Crippen LogP contribution is -2.54. The van der Waals surface area contributed by atoms with E-state index in [9.17, 15) is 0 Å². The summed E-state index contributed by atoms with van der Waals surface area (Å²) in [4.78, 5) is 11.9. The van der Waals surface area contributed by atoms with Crippen molar-refractivity contribution in [2.24, 2.45) is 0 Å². The van der Waals surface area contributed by atoms with Crippen LogP contribution in [0.5, 0.6) is 5.75 Å². The van der Waals surface area contributed by atoms with Crippen LogP contribution in [-0.2, 0) is 18.6 Å². The average Bonchev–Trinajstić information content (AvgIpc) is 3.32. The summed E-state index contributed by atoms with van der Waals surface area (Å²) in [6.45, 7) is 9.30. The Bertz CT molecular complexity index is 1500. The molecule has 0 amide bonds. The molecule has 3 aromatic heterocycles. The zero-order chi connectivity index (χ0) is 22.1. The maximum Gasteiger partial charge on any atom is 0.189 e. The van der Waals surface area contributed by atoms with Crippen molar-refractivity contribution in [3.05, 3.63) is 65.1 Å². The number of fused-ring (bicyclic) bond motifs is 6. The molecule has 0 aliphatic carbocycles. The molecule has 4 heterocycles. The van der Waals surface area contributed by atoms with Crippen LogP contribution in [0.1, 0.15) is 44.0 Å². The standard InChI is InChI=1S/C25H25N5OS/c1-24(2)12-18-20-22-27-19(13-31-17-10-9-15-7-5-6-8-16(15)11-17)28-30(22)14-26-23(20)32-21(18)25(3,4)29-24/h5-11,14,29H,12-13H2,1-4H3. The normalized spacial score (nSPS) is 17.1. The summed E-state index contributed by atoms with van der Waals surface area (Å²) in [5, 5.41) is 11.9. The zero-order valence-corrected chi connectivity index (χ0v) is 19.5. The Hall–Kier alpha value is -3.03. The minimum atomic E-state index is -0.110. The van der Waals surface area contributed by atoms with Gasteiger partial charge in [-0.2, -0.15) is 0 Å². The van der Waals surface area contributed by atoms with Crippen LogP contribution in [0.15, 0.2) is 48.8 Å². The number of benzene rings is 2. The van der Waals surface area contributed by atoms with Gasteiger partial charge in [-0.25, -0.2) is 14.5 Å². The number of nitrogens with zero attached hydrogens (tertiary/aromatic N) is 4. The van der Waals surface area contributed by atoms with Crippen LogP contribution in [0.4, 0.5) is 0 Å². The highest BCUT2D eigenvalue weighted by molar-refractivity contribution is 7.19. The number of nitrogens with one attached hydrogen (secondary N) is 1. The van der Waals surface area contributed by atoms with Crippen LogP contribution < -0.4 is 10.1 Å². The van der Waals surface area contributed by atoms with Crippen molar-refractivity contribution in [1.82, 2.24) is 24.9 Å². The van der Waals surface area contributed by atoms with E-state index in [4.69, 9.17) is 14.7 Å². The maximum absolute atomic E-state index is 6.04. The second-order valence-corrected chi connectivity index (χ2v) is 10.7. The third-order valence-electron chi connectivity index (χ3n) is 6.10. The Kier molecular flexibility index (Phi) is 4.13. The van der Waals surface area contributed by atoms with Crippen molar-refractivity contribution in [2.75, 3.05) is 0 Å². The van der Waals surface area contributed by atoms with Crippen LogP contribution in [0.25, 0.3) is 26.6 Å². The van der Waals surface area contributed by atoms with Gasteiger partial charge in [0.1, 0.15) is 23.5 Å². The largest absolute Gasteiger partial charge is 0.486 e. The first-order valence-corrected chi connectivity index (χ1v) is 11.7. The van der Waals surface area contributed by atoms with Gasteiger partial charge in [-0.05, 0) is 62.6 Å². The number of hydrogen-bond donors (Lipinski definition) is 1. The van der Waals surface area contributed by atoms with Gasteiger partial charge in [0.15, 0.2) is 11.5 Å². The molecule has 0 saturated heterocycles. The molecule has 1 aliphatic heterocycles. The lowest BCUT2D eigenvalue weighted by Gasteiger charge is -2.42. The average molecular weight is 444 g/mol. The van der Waals surface area contributed by atoms with Crippen LogP contribution in [0.2, 0.25) is 0 Å². The molecule has 5 aromatic rings. The third-order valence-corrected chi connectivity index (χ3v) is 7.56. The van der Waals surface area contributed by atoms with Crippen molar-refractivity contribution >= 4 is 38.0 Å². The molecule has 1 N–H and O–H groups in total. The van der Waals surface area contributed by atoms with Gasteiger partial charge in [0.2, 0.25) is 0 Å². The predicted octanol–water partition coefficient (Wildman–Crippen LogP) is 5.23. The van der Waals surface area contributed by atoms with Crippen molar-refractivity contribution in [1.29, 1.82) is 0 Å². The van der Waals surface area contributed by atoms with Crippen LogP contribution in [-0.4, -0.2) is 25.1 Å². The molecule has 32 heavy (non-hydrogen) atoms. The van der Waals surface area contributed by atoms with Gasteiger partial charge in [0.25, 0.3) is 0 Å². The maximum atomic E-state index is 6.04. The van der Waals surface area contributed by atoms with Gasteiger partial charge >= 0.3 is 0 Å². The summed E-state index contributed by atoms with van der Waals surface area (Å²) in [5.41, 5.74) is 2.09. The molecule has 0 saturated carbocycles. The van der Waals surface area contributed by atoms with E-state index in [1.54, 1.807) is 22.2 Å². The van der Waals surface area contributed by atoms with Crippen LogP contribution in [0, 0.1) is 0 Å². The van der Waals surface area contributed by atoms with Gasteiger partial charge in [0, 0.05) is 16.0 Å². The molecule has 2 aromatic carbocycles. The molecule has 0 unspecified atom stereocenters. The van der Waals surface area contributed by atoms with Gasteiger partial charge in [-0.1, -0.05) is 30.3 Å². The fraction of sp³-hybridized carbons (Fsp3) is 0.320. The van der Waals surface area contributed by atoms with Crippen LogP contribution in [0.3, 0.4) is 0 Å². The Morgan fingerprint density at radius 3 is 2.75 bits per heavy atom. The Labute approximate surface area is 190 Å². The topological polar surface area (TPSA) is 64.3 Å². The molecule has 0 fully saturated rings.